The first-order valence-corrected chi connectivity index (χ1v) is 8.88. The lowest BCUT2D eigenvalue weighted by Gasteiger charge is -2.20. The highest BCUT2D eigenvalue weighted by atomic mass is 14.7. The van der Waals surface area contributed by atoms with Crippen LogP contribution in [0.1, 0.15) is 61.8 Å². The lowest BCUT2D eigenvalue weighted by molar-refractivity contribution is 0.798. The Morgan fingerprint density at radius 2 is 1.42 bits per heavy atom. The van der Waals surface area contributed by atoms with Crippen LogP contribution < -0.4 is 0 Å². The van der Waals surface area contributed by atoms with E-state index in [4.69, 9.17) is 4.98 Å². The predicted octanol–water partition coefficient (Wildman–Crippen LogP) is 6.77. The molecule has 0 bridgehead atoms. The smallest absolute Gasteiger partial charge is 0.0780 e. The number of aromatic nitrogens is 1. The average Bonchev–Trinajstić information content (AvgIpc) is 2.51. The van der Waals surface area contributed by atoms with Crippen LogP contribution in [-0.4, -0.2) is 4.98 Å². The quantitative estimate of drug-likeness (QED) is 0.519. The summed E-state index contributed by atoms with van der Waals surface area (Å²) in [5.74, 6) is 1.03. The molecule has 1 aromatic heterocycles. The van der Waals surface area contributed by atoms with Gasteiger partial charge >= 0.3 is 0 Å². The highest BCUT2D eigenvalue weighted by molar-refractivity contribution is 5.97. The van der Waals surface area contributed by atoms with Gasteiger partial charge in [0.2, 0.25) is 0 Å². The fourth-order valence-electron chi connectivity index (χ4n) is 3.78. The summed E-state index contributed by atoms with van der Waals surface area (Å²) >= 11 is 0. The van der Waals surface area contributed by atoms with Crippen LogP contribution in [-0.2, 0) is 0 Å². The first kappa shape index (κ1) is 16.7. The van der Waals surface area contributed by atoms with Crippen molar-refractivity contribution in [2.24, 2.45) is 0 Å². The molecule has 3 rings (SSSR count). The molecule has 0 radical (unpaired) electrons. The van der Waals surface area contributed by atoms with E-state index >= 15 is 0 Å². The van der Waals surface area contributed by atoms with Gasteiger partial charge < -0.3 is 0 Å². The molecule has 1 heterocycles. The zero-order valence-electron chi connectivity index (χ0n) is 15.6. The molecule has 124 valence electrons. The van der Waals surface area contributed by atoms with Crippen LogP contribution in [0, 0.1) is 13.8 Å². The van der Waals surface area contributed by atoms with E-state index in [0.29, 0.717) is 11.8 Å². The zero-order chi connectivity index (χ0) is 17.4. The number of nitrogens with zero attached hydrogens (tertiary/aromatic N) is 1. The van der Waals surface area contributed by atoms with Gasteiger partial charge in [-0.1, -0.05) is 57.0 Å². The Kier molecular flexibility index (Phi) is 4.45. The molecule has 0 atom stereocenters. The molecule has 2 aromatic carbocycles. The number of benzene rings is 2. The summed E-state index contributed by atoms with van der Waals surface area (Å²) in [5.41, 5.74) is 7.80. The Labute approximate surface area is 145 Å². The van der Waals surface area contributed by atoms with E-state index in [0.717, 1.165) is 5.69 Å². The van der Waals surface area contributed by atoms with E-state index in [9.17, 15) is 0 Å². The molecule has 0 unspecified atom stereocenters. The summed E-state index contributed by atoms with van der Waals surface area (Å²) in [6, 6.07) is 13.4. The van der Waals surface area contributed by atoms with E-state index in [1.54, 1.807) is 0 Å². The Balaban J connectivity index is 2.34. The first-order chi connectivity index (χ1) is 11.4. The van der Waals surface area contributed by atoms with Crippen molar-refractivity contribution in [3.8, 4) is 11.3 Å². The zero-order valence-corrected chi connectivity index (χ0v) is 15.6. The third-order valence-corrected chi connectivity index (χ3v) is 4.72. The first-order valence-electron chi connectivity index (χ1n) is 8.88. The Morgan fingerprint density at radius 1 is 0.750 bits per heavy atom. The molecule has 0 saturated heterocycles. The predicted molar refractivity (Wildman–Crippen MR) is 105 cm³/mol. The molecule has 0 aliphatic rings. The molecule has 0 saturated carbocycles. The SMILES string of the molecule is Cc1cc(C)cc(-c2nccc3c(C(C)C)c(C(C)C)ccc23)c1. The highest BCUT2D eigenvalue weighted by Gasteiger charge is 2.16. The maximum atomic E-state index is 4.73. The van der Waals surface area contributed by atoms with Gasteiger partial charge in [-0.3, -0.25) is 4.98 Å². The molecule has 0 fully saturated rings. The van der Waals surface area contributed by atoms with E-state index in [2.05, 4.69) is 77.9 Å². The van der Waals surface area contributed by atoms with Gasteiger partial charge in [0.25, 0.3) is 0 Å². The second kappa shape index (κ2) is 6.39. The summed E-state index contributed by atoms with van der Waals surface area (Å²) < 4.78 is 0. The van der Waals surface area contributed by atoms with Crippen molar-refractivity contribution < 1.29 is 0 Å². The summed E-state index contributed by atoms with van der Waals surface area (Å²) in [4.78, 5) is 4.73. The Morgan fingerprint density at radius 3 is 2.00 bits per heavy atom. The maximum Gasteiger partial charge on any atom is 0.0780 e. The normalized spacial score (nSPS) is 11.7. The lowest BCUT2D eigenvalue weighted by atomic mass is 9.86. The van der Waals surface area contributed by atoms with Gasteiger partial charge in [-0.05, 0) is 60.4 Å². The fourth-order valence-corrected chi connectivity index (χ4v) is 3.78. The molecule has 1 heteroatoms. The molecule has 0 aliphatic carbocycles. The van der Waals surface area contributed by atoms with Crippen molar-refractivity contribution in [3.63, 3.8) is 0 Å². The molecule has 1 nitrogen and oxygen atoms in total. The van der Waals surface area contributed by atoms with E-state index in [1.165, 1.54) is 38.6 Å². The van der Waals surface area contributed by atoms with Crippen LogP contribution in [0.15, 0.2) is 42.6 Å². The fraction of sp³-hybridized carbons (Fsp3) is 0.348. The standard InChI is InChI=1S/C23H27N/c1-14(2)19-7-8-21-20(22(19)15(3)4)9-10-24-23(21)18-12-16(5)11-17(6)13-18/h7-15H,1-6H3. The maximum absolute atomic E-state index is 4.73. The Bertz CT molecular complexity index is 868. The minimum atomic E-state index is 0.501. The van der Waals surface area contributed by atoms with Crippen molar-refractivity contribution in [3.05, 3.63) is 64.8 Å². The number of hydrogen-bond donors (Lipinski definition) is 0. The van der Waals surface area contributed by atoms with Crippen molar-refractivity contribution in [2.45, 2.75) is 53.4 Å². The second-order valence-electron chi connectivity index (χ2n) is 7.51. The average molecular weight is 317 g/mol. The largest absolute Gasteiger partial charge is 0.256 e. The van der Waals surface area contributed by atoms with Crippen LogP contribution in [0.5, 0.6) is 0 Å². The molecule has 0 amide bonds. The molecule has 24 heavy (non-hydrogen) atoms. The van der Waals surface area contributed by atoms with Crippen LogP contribution in [0.2, 0.25) is 0 Å². The van der Waals surface area contributed by atoms with Crippen molar-refractivity contribution in [2.75, 3.05) is 0 Å². The van der Waals surface area contributed by atoms with Gasteiger partial charge in [0.15, 0.2) is 0 Å². The number of fused-ring (bicyclic) bond motifs is 1. The van der Waals surface area contributed by atoms with Crippen molar-refractivity contribution in [1.82, 2.24) is 4.98 Å². The van der Waals surface area contributed by atoms with Gasteiger partial charge in [0, 0.05) is 17.1 Å². The van der Waals surface area contributed by atoms with Gasteiger partial charge in [0.1, 0.15) is 0 Å². The summed E-state index contributed by atoms with van der Waals surface area (Å²) in [7, 11) is 0. The van der Waals surface area contributed by atoms with Crippen molar-refractivity contribution >= 4 is 10.8 Å². The lowest BCUT2D eigenvalue weighted by Crippen LogP contribution is -2.01. The van der Waals surface area contributed by atoms with Gasteiger partial charge in [-0.15, -0.1) is 0 Å². The summed E-state index contributed by atoms with van der Waals surface area (Å²) in [6.07, 6.45) is 1.96. The van der Waals surface area contributed by atoms with Crippen LogP contribution >= 0.6 is 0 Å². The number of rotatable bonds is 3. The molecular formula is C23H27N. The number of aryl methyl sites for hydroxylation is 2. The highest BCUT2D eigenvalue weighted by Crippen LogP contribution is 2.36. The minimum absolute atomic E-state index is 0.501. The molecule has 0 aliphatic heterocycles. The van der Waals surface area contributed by atoms with Gasteiger partial charge in [-0.25, -0.2) is 0 Å². The monoisotopic (exact) mass is 317 g/mol. The van der Waals surface area contributed by atoms with Crippen LogP contribution in [0.25, 0.3) is 22.0 Å². The van der Waals surface area contributed by atoms with Gasteiger partial charge in [0.05, 0.1) is 5.69 Å². The molecule has 0 N–H and O–H groups in total. The third kappa shape index (κ3) is 2.96. The number of pyridine rings is 1. The number of hydrogen-bond acceptors (Lipinski definition) is 1. The topological polar surface area (TPSA) is 12.9 Å². The third-order valence-electron chi connectivity index (χ3n) is 4.72. The van der Waals surface area contributed by atoms with E-state index in [1.807, 2.05) is 6.20 Å². The van der Waals surface area contributed by atoms with E-state index in [-0.39, 0.29) is 0 Å². The second-order valence-corrected chi connectivity index (χ2v) is 7.51. The summed E-state index contributed by atoms with van der Waals surface area (Å²) in [5, 5.41) is 2.61. The van der Waals surface area contributed by atoms with Crippen LogP contribution in [0.3, 0.4) is 0 Å². The molecule has 3 aromatic rings. The molecular weight excluding hydrogens is 290 g/mol. The van der Waals surface area contributed by atoms with E-state index < -0.39 is 0 Å². The summed E-state index contributed by atoms with van der Waals surface area (Å²) in [6.45, 7) is 13.4. The minimum Gasteiger partial charge on any atom is -0.256 e. The Hall–Kier alpha value is -2.15. The van der Waals surface area contributed by atoms with Gasteiger partial charge in [-0.2, -0.15) is 0 Å². The van der Waals surface area contributed by atoms with Crippen molar-refractivity contribution in [1.29, 1.82) is 0 Å². The molecule has 0 spiro atoms. The van der Waals surface area contributed by atoms with Crippen LogP contribution in [0.4, 0.5) is 0 Å².